The van der Waals surface area contributed by atoms with E-state index in [-0.39, 0.29) is 11.0 Å². The van der Waals surface area contributed by atoms with Gasteiger partial charge in [-0.05, 0) is 46.9 Å². The Morgan fingerprint density at radius 2 is 1.73 bits per heavy atom. The van der Waals surface area contributed by atoms with Gasteiger partial charge in [0.15, 0.2) is 11.7 Å². The van der Waals surface area contributed by atoms with Crippen molar-refractivity contribution >= 4 is 10.8 Å². The number of hydrogen-bond acceptors (Lipinski definition) is 0. The van der Waals surface area contributed by atoms with E-state index < -0.39 is 0 Å². The van der Waals surface area contributed by atoms with E-state index in [0.29, 0.717) is 5.41 Å². The summed E-state index contributed by atoms with van der Waals surface area (Å²) >= 11 is 0. The van der Waals surface area contributed by atoms with Crippen molar-refractivity contribution in [3.63, 3.8) is 0 Å². The molecule has 2 atom stereocenters. The number of fused-ring (bicyclic) bond motifs is 3. The summed E-state index contributed by atoms with van der Waals surface area (Å²) in [6, 6.07) is 14.7. The molecule has 1 heteroatoms. The van der Waals surface area contributed by atoms with Gasteiger partial charge in [0.1, 0.15) is 0 Å². The van der Waals surface area contributed by atoms with Crippen molar-refractivity contribution in [2.75, 3.05) is 0 Å². The van der Waals surface area contributed by atoms with Crippen LogP contribution in [0.4, 0.5) is 0 Å². The monoisotopic (exact) mass is 396 g/mol. The Morgan fingerprint density at radius 3 is 2.47 bits per heavy atom. The molecule has 2 heterocycles. The van der Waals surface area contributed by atoms with Crippen LogP contribution >= 0.6 is 0 Å². The number of benzene rings is 2. The van der Waals surface area contributed by atoms with Crippen molar-refractivity contribution in [1.82, 2.24) is 0 Å². The molecule has 0 radical (unpaired) electrons. The minimum Gasteiger partial charge on any atom is -0.191 e. The van der Waals surface area contributed by atoms with E-state index in [1.54, 1.807) is 11.1 Å². The summed E-state index contributed by atoms with van der Waals surface area (Å²) in [4.78, 5) is 0. The van der Waals surface area contributed by atoms with Crippen LogP contribution in [0.2, 0.25) is 0 Å². The molecule has 0 spiro atoms. The van der Waals surface area contributed by atoms with Gasteiger partial charge < -0.3 is 0 Å². The van der Waals surface area contributed by atoms with Crippen molar-refractivity contribution in [3.05, 3.63) is 64.8 Å². The normalized spacial score (nSPS) is 26.6. The number of aromatic nitrogens is 1. The molecule has 0 N–H and O–H groups in total. The third-order valence-corrected chi connectivity index (χ3v) is 9.10. The van der Waals surface area contributed by atoms with Crippen LogP contribution in [0, 0.1) is 0 Å². The fraction of sp³-hybridized carbons (Fsp3) is 0.483. The molecule has 0 bridgehead atoms. The van der Waals surface area contributed by atoms with Gasteiger partial charge in [-0.3, -0.25) is 0 Å². The lowest BCUT2D eigenvalue weighted by atomic mass is 9.65. The topological polar surface area (TPSA) is 3.88 Å². The summed E-state index contributed by atoms with van der Waals surface area (Å²) in [5.41, 5.74) is 9.89. The van der Waals surface area contributed by atoms with Crippen molar-refractivity contribution < 1.29 is 4.57 Å². The molecule has 30 heavy (non-hydrogen) atoms. The van der Waals surface area contributed by atoms with Crippen molar-refractivity contribution in [3.8, 4) is 11.3 Å². The standard InChI is InChI=1S/C29H34N/c1-6-9-11-19-16-20-14-15-30-26-24(20)23(17-19)27(4,5)21-12-10-13-22(25(21)26)28(7-2)18-29(28,30)8-3/h10,12-17H,6-9,11,18H2,1-5H3/q+1. The smallest absolute Gasteiger partial charge is 0.191 e. The van der Waals surface area contributed by atoms with Gasteiger partial charge in [-0.2, -0.15) is 4.57 Å². The molecule has 2 unspecified atom stereocenters. The second-order valence-corrected chi connectivity index (χ2v) is 10.6. The van der Waals surface area contributed by atoms with Gasteiger partial charge in [0.2, 0.25) is 5.69 Å². The van der Waals surface area contributed by atoms with Crippen LogP contribution in [0.1, 0.15) is 89.0 Å². The van der Waals surface area contributed by atoms with Crippen LogP contribution in [-0.4, -0.2) is 0 Å². The van der Waals surface area contributed by atoms with Gasteiger partial charge in [-0.1, -0.05) is 71.4 Å². The lowest BCUT2D eigenvalue weighted by Gasteiger charge is -2.39. The Balaban J connectivity index is 1.77. The molecule has 1 aliphatic heterocycles. The highest BCUT2D eigenvalue weighted by molar-refractivity contribution is 6.02. The molecule has 2 aliphatic carbocycles. The van der Waals surface area contributed by atoms with E-state index in [4.69, 9.17) is 0 Å². The summed E-state index contributed by atoms with van der Waals surface area (Å²) in [6.45, 7) is 12.0. The van der Waals surface area contributed by atoms with Crippen LogP contribution in [0.25, 0.3) is 22.0 Å². The molecular weight excluding hydrogens is 362 g/mol. The highest BCUT2D eigenvalue weighted by Gasteiger charge is 2.77. The predicted octanol–water partition coefficient (Wildman–Crippen LogP) is 6.95. The Labute approximate surface area is 181 Å². The molecule has 1 nitrogen and oxygen atoms in total. The van der Waals surface area contributed by atoms with E-state index in [1.165, 1.54) is 71.7 Å². The van der Waals surface area contributed by atoms with Gasteiger partial charge in [0.05, 0.1) is 16.4 Å². The lowest BCUT2D eigenvalue weighted by molar-refractivity contribution is -0.734. The fourth-order valence-corrected chi connectivity index (χ4v) is 7.36. The zero-order valence-electron chi connectivity index (χ0n) is 19.2. The van der Waals surface area contributed by atoms with Crippen LogP contribution < -0.4 is 4.57 Å². The fourth-order valence-electron chi connectivity index (χ4n) is 7.36. The molecule has 3 aromatic rings. The van der Waals surface area contributed by atoms with E-state index >= 15 is 0 Å². The number of rotatable bonds is 5. The second kappa shape index (κ2) is 5.75. The van der Waals surface area contributed by atoms with Gasteiger partial charge in [0.25, 0.3) is 0 Å². The second-order valence-electron chi connectivity index (χ2n) is 10.6. The number of hydrogen-bond donors (Lipinski definition) is 0. The molecule has 3 aliphatic rings. The zero-order chi connectivity index (χ0) is 20.9. The first-order valence-electron chi connectivity index (χ1n) is 12.1. The predicted molar refractivity (Wildman–Crippen MR) is 125 cm³/mol. The first-order valence-corrected chi connectivity index (χ1v) is 12.1. The third-order valence-electron chi connectivity index (χ3n) is 9.10. The number of unbranched alkanes of at least 4 members (excludes halogenated alkanes) is 1. The summed E-state index contributed by atoms with van der Waals surface area (Å²) in [7, 11) is 0. The van der Waals surface area contributed by atoms with Crippen LogP contribution in [0.3, 0.4) is 0 Å². The SMILES string of the molecule is CCCCc1cc2c3c4[n+](ccc3c1)C1(CC)CC1(CC)c1cccc(c1-4)C2(C)C. The van der Waals surface area contributed by atoms with E-state index in [0.717, 1.165) is 0 Å². The summed E-state index contributed by atoms with van der Waals surface area (Å²) in [5, 5.41) is 2.96. The molecule has 2 aromatic carbocycles. The maximum absolute atomic E-state index is 2.72. The minimum atomic E-state index is 0.0358. The average molecular weight is 397 g/mol. The molecule has 1 saturated carbocycles. The molecule has 1 fully saturated rings. The highest BCUT2D eigenvalue weighted by atomic mass is 15.2. The molecule has 0 amide bonds. The number of aryl methyl sites for hydroxylation is 1. The summed E-state index contributed by atoms with van der Waals surface area (Å²) in [6.07, 6.45) is 9.86. The van der Waals surface area contributed by atoms with Gasteiger partial charge in [0, 0.05) is 24.3 Å². The van der Waals surface area contributed by atoms with Gasteiger partial charge in [-0.25, -0.2) is 0 Å². The molecule has 154 valence electrons. The Bertz CT molecular complexity index is 1220. The van der Waals surface area contributed by atoms with E-state index in [9.17, 15) is 0 Å². The van der Waals surface area contributed by atoms with Gasteiger partial charge >= 0.3 is 0 Å². The van der Waals surface area contributed by atoms with Crippen molar-refractivity contribution in [2.24, 2.45) is 0 Å². The molecular formula is C29H34N+. The Kier molecular flexibility index (Phi) is 3.57. The first kappa shape index (κ1) is 18.6. The number of nitrogens with zero attached hydrogens (tertiary/aromatic N) is 1. The van der Waals surface area contributed by atoms with Crippen molar-refractivity contribution in [2.45, 2.75) is 89.5 Å². The Hall–Kier alpha value is -2.15. The van der Waals surface area contributed by atoms with Crippen LogP contribution in [0.5, 0.6) is 0 Å². The summed E-state index contributed by atoms with van der Waals surface area (Å²) < 4.78 is 2.72. The maximum Gasteiger partial charge on any atom is 0.221 e. The van der Waals surface area contributed by atoms with Gasteiger partial charge in [-0.15, -0.1) is 0 Å². The zero-order valence-corrected chi connectivity index (χ0v) is 19.2. The third kappa shape index (κ3) is 1.89. The van der Waals surface area contributed by atoms with Crippen molar-refractivity contribution in [1.29, 1.82) is 0 Å². The largest absolute Gasteiger partial charge is 0.221 e. The maximum atomic E-state index is 2.72. The first-order chi connectivity index (χ1) is 14.4. The highest BCUT2D eigenvalue weighted by Crippen LogP contribution is 2.69. The summed E-state index contributed by atoms with van der Waals surface area (Å²) in [5.74, 6) is 0. The Morgan fingerprint density at radius 1 is 0.933 bits per heavy atom. The molecule has 6 rings (SSSR count). The number of pyridine rings is 1. The quantitative estimate of drug-likeness (QED) is 0.411. The molecule has 1 aromatic heterocycles. The minimum absolute atomic E-state index is 0.0358. The van der Waals surface area contributed by atoms with Crippen LogP contribution in [0.15, 0.2) is 42.6 Å². The molecule has 0 saturated heterocycles. The van der Waals surface area contributed by atoms with E-state index in [1.807, 2.05) is 0 Å². The average Bonchev–Trinajstić information content (AvgIpc) is 3.47. The lowest BCUT2D eigenvalue weighted by Crippen LogP contribution is -2.55. The van der Waals surface area contributed by atoms with E-state index in [2.05, 4.69) is 81.8 Å². The van der Waals surface area contributed by atoms with Crippen LogP contribution in [-0.2, 0) is 22.8 Å².